The number of ether oxygens (including phenoxy) is 4. The van der Waals surface area contributed by atoms with Crippen molar-refractivity contribution < 1.29 is 28.5 Å². The fourth-order valence-corrected chi connectivity index (χ4v) is 2.87. The molecule has 1 N–H and O–H groups in total. The Morgan fingerprint density at radius 1 is 1.21 bits per heavy atom. The van der Waals surface area contributed by atoms with E-state index in [0.717, 1.165) is 0 Å². The van der Waals surface area contributed by atoms with E-state index in [1.165, 1.54) is 7.11 Å². The van der Waals surface area contributed by atoms with Crippen LogP contribution in [0.3, 0.4) is 0 Å². The second-order valence-electron chi connectivity index (χ2n) is 6.10. The van der Waals surface area contributed by atoms with Gasteiger partial charge in [-0.1, -0.05) is 23.7 Å². The highest BCUT2D eigenvalue weighted by Crippen LogP contribution is 2.30. The van der Waals surface area contributed by atoms with Gasteiger partial charge < -0.3 is 24.3 Å². The second-order valence-corrected chi connectivity index (χ2v) is 6.53. The van der Waals surface area contributed by atoms with Crippen molar-refractivity contribution in [2.75, 3.05) is 26.9 Å². The number of para-hydroxylation sites is 2. The quantitative estimate of drug-likeness (QED) is 0.712. The molecule has 8 heteroatoms. The molecular formula is C20H20ClNO6. The number of esters is 1. The van der Waals surface area contributed by atoms with Crippen LogP contribution in [0.4, 0.5) is 0 Å². The lowest BCUT2D eigenvalue weighted by Crippen LogP contribution is -2.42. The number of hydrogen-bond donors (Lipinski definition) is 1. The number of carbonyl (C=O) groups excluding carboxylic acids is 2. The summed E-state index contributed by atoms with van der Waals surface area (Å²) in [6, 6.07) is 12.3. The van der Waals surface area contributed by atoms with Crippen molar-refractivity contribution in [3.8, 4) is 17.2 Å². The van der Waals surface area contributed by atoms with Crippen molar-refractivity contribution in [1.29, 1.82) is 0 Å². The van der Waals surface area contributed by atoms with Crippen molar-refractivity contribution in [2.45, 2.75) is 12.5 Å². The van der Waals surface area contributed by atoms with Gasteiger partial charge in [-0.3, -0.25) is 9.59 Å². The molecule has 0 aromatic heterocycles. The van der Waals surface area contributed by atoms with Gasteiger partial charge in [0.25, 0.3) is 5.91 Å². The third kappa shape index (κ3) is 5.29. The SMILES string of the molecule is COc1ccc(Cl)cc1CC(=O)OCC(=O)NC[C@H]1COc2ccccc2O1. The van der Waals surface area contributed by atoms with E-state index in [9.17, 15) is 9.59 Å². The van der Waals surface area contributed by atoms with Gasteiger partial charge >= 0.3 is 5.97 Å². The second kappa shape index (κ2) is 9.32. The monoisotopic (exact) mass is 405 g/mol. The fourth-order valence-electron chi connectivity index (χ4n) is 2.68. The molecule has 0 saturated heterocycles. The minimum Gasteiger partial charge on any atom is -0.496 e. The summed E-state index contributed by atoms with van der Waals surface area (Å²) in [7, 11) is 1.50. The molecule has 0 unspecified atom stereocenters. The minimum absolute atomic E-state index is 0.0482. The zero-order valence-electron chi connectivity index (χ0n) is 15.3. The maximum Gasteiger partial charge on any atom is 0.310 e. The van der Waals surface area contributed by atoms with E-state index in [2.05, 4.69) is 5.32 Å². The summed E-state index contributed by atoms with van der Waals surface area (Å²) in [6.07, 6.45) is -0.363. The first-order chi connectivity index (χ1) is 13.5. The standard InChI is InChI=1S/C20H20ClNO6/c1-25-16-7-6-14(21)8-13(16)9-20(24)27-12-19(23)22-10-15-11-26-17-4-2-3-5-18(17)28-15/h2-8,15H,9-12H2,1H3,(H,22,23)/t15-/m0/s1. The molecule has 1 aliphatic rings. The normalized spacial score (nSPS) is 14.9. The number of methoxy groups -OCH3 is 1. The number of hydrogen-bond acceptors (Lipinski definition) is 6. The van der Waals surface area contributed by atoms with E-state index in [-0.39, 0.29) is 25.7 Å². The number of nitrogens with one attached hydrogen (secondary N) is 1. The van der Waals surface area contributed by atoms with Crippen LogP contribution in [0.15, 0.2) is 42.5 Å². The van der Waals surface area contributed by atoms with Crippen LogP contribution in [0.2, 0.25) is 5.02 Å². The topological polar surface area (TPSA) is 83.1 Å². The molecule has 0 radical (unpaired) electrons. The lowest BCUT2D eigenvalue weighted by Gasteiger charge is -2.26. The molecule has 1 aliphatic heterocycles. The molecule has 2 aromatic rings. The third-order valence-corrected chi connectivity index (χ3v) is 4.27. The van der Waals surface area contributed by atoms with Crippen molar-refractivity contribution in [3.63, 3.8) is 0 Å². The summed E-state index contributed by atoms with van der Waals surface area (Å²) in [6.45, 7) is 0.185. The lowest BCUT2D eigenvalue weighted by molar-refractivity contribution is -0.148. The molecule has 1 heterocycles. The average Bonchev–Trinajstić information content (AvgIpc) is 2.70. The van der Waals surface area contributed by atoms with E-state index < -0.39 is 11.9 Å². The Balaban J connectivity index is 1.41. The van der Waals surface area contributed by atoms with Crippen molar-refractivity contribution in [3.05, 3.63) is 53.1 Å². The number of carbonyl (C=O) groups is 2. The molecule has 0 spiro atoms. The molecule has 0 aliphatic carbocycles. The fraction of sp³-hybridized carbons (Fsp3) is 0.300. The van der Waals surface area contributed by atoms with Gasteiger partial charge in [-0.2, -0.15) is 0 Å². The van der Waals surface area contributed by atoms with E-state index >= 15 is 0 Å². The first-order valence-corrected chi connectivity index (χ1v) is 9.06. The summed E-state index contributed by atoms with van der Waals surface area (Å²) in [5.41, 5.74) is 0.590. The van der Waals surface area contributed by atoms with Gasteiger partial charge in [0.15, 0.2) is 18.1 Å². The van der Waals surface area contributed by atoms with Crippen molar-refractivity contribution in [2.24, 2.45) is 0 Å². The van der Waals surface area contributed by atoms with Crippen LogP contribution in [0.25, 0.3) is 0 Å². The Morgan fingerprint density at radius 2 is 2.00 bits per heavy atom. The van der Waals surface area contributed by atoms with Crippen LogP contribution < -0.4 is 19.5 Å². The molecule has 7 nitrogen and oxygen atoms in total. The average molecular weight is 406 g/mol. The molecule has 0 bridgehead atoms. The van der Waals surface area contributed by atoms with Crippen LogP contribution >= 0.6 is 11.6 Å². The molecule has 2 aromatic carbocycles. The molecular weight excluding hydrogens is 386 g/mol. The highest BCUT2D eigenvalue weighted by atomic mass is 35.5. The molecule has 148 valence electrons. The Morgan fingerprint density at radius 3 is 2.79 bits per heavy atom. The predicted molar refractivity (Wildman–Crippen MR) is 102 cm³/mol. The van der Waals surface area contributed by atoms with Crippen LogP contribution in [-0.2, 0) is 20.7 Å². The maximum atomic E-state index is 12.0. The zero-order valence-corrected chi connectivity index (χ0v) is 16.0. The van der Waals surface area contributed by atoms with Crippen LogP contribution in [0.1, 0.15) is 5.56 Å². The first kappa shape index (κ1) is 19.8. The highest BCUT2D eigenvalue weighted by molar-refractivity contribution is 6.30. The van der Waals surface area contributed by atoms with Gasteiger partial charge in [0, 0.05) is 10.6 Å². The van der Waals surface area contributed by atoms with Gasteiger partial charge in [-0.25, -0.2) is 0 Å². The Kier molecular flexibility index (Phi) is 6.60. The van der Waals surface area contributed by atoms with Gasteiger partial charge in [-0.15, -0.1) is 0 Å². The molecule has 0 saturated carbocycles. The Bertz CT molecular complexity index is 856. The van der Waals surface area contributed by atoms with Crippen LogP contribution in [0, 0.1) is 0 Å². The summed E-state index contributed by atoms with van der Waals surface area (Å²) in [4.78, 5) is 23.9. The number of fused-ring (bicyclic) bond motifs is 1. The van der Waals surface area contributed by atoms with E-state index in [1.54, 1.807) is 24.3 Å². The zero-order chi connectivity index (χ0) is 19.9. The number of amides is 1. The van der Waals surface area contributed by atoms with E-state index in [4.69, 9.17) is 30.5 Å². The molecule has 1 atom stereocenters. The molecule has 3 rings (SSSR count). The van der Waals surface area contributed by atoms with Gasteiger partial charge in [0.05, 0.1) is 20.1 Å². The predicted octanol–water partition coefficient (Wildman–Crippen LogP) is 2.39. The van der Waals surface area contributed by atoms with E-state index in [0.29, 0.717) is 34.4 Å². The summed E-state index contributed by atoms with van der Waals surface area (Å²) in [5.74, 6) is 0.863. The van der Waals surface area contributed by atoms with Gasteiger partial charge in [0.2, 0.25) is 0 Å². The van der Waals surface area contributed by atoms with E-state index in [1.807, 2.05) is 18.2 Å². The third-order valence-electron chi connectivity index (χ3n) is 4.04. The molecule has 1 amide bonds. The lowest BCUT2D eigenvalue weighted by atomic mass is 10.1. The largest absolute Gasteiger partial charge is 0.496 e. The molecule has 0 fully saturated rings. The van der Waals surface area contributed by atoms with Gasteiger partial charge in [0.1, 0.15) is 18.5 Å². The van der Waals surface area contributed by atoms with Crippen LogP contribution in [0.5, 0.6) is 17.2 Å². The number of benzene rings is 2. The minimum atomic E-state index is -0.554. The highest BCUT2D eigenvalue weighted by Gasteiger charge is 2.21. The molecule has 28 heavy (non-hydrogen) atoms. The van der Waals surface area contributed by atoms with Gasteiger partial charge in [-0.05, 0) is 30.3 Å². The van der Waals surface area contributed by atoms with Crippen LogP contribution in [-0.4, -0.2) is 44.8 Å². The van der Waals surface area contributed by atoms with Crippen molar-refractivity contribution in [1.82, 2.24) is 5.32 Å². The maximum absolute atomic E-state index is 12.0. The summed E-state index contributed by atoms with van der Waals surface area (Å²) in [5, 5.41) is 3.15. The Labute approximate surface area is 167 Å². The Hall–Kier alpha value is -2.93. The number of rotatable bonds is 7. The summed E-state index contributed by atoms with van der Waals surface area (Å²) < 4.78 is 21.5. The number of halogens is 1. The summed E-state index contributed by atoms with van der Waals surface area (Å²) >= 11 is 5.94. The van der Waals surface area contributed by atoms with Crippen molar-refractivity contribution >= 4 is 23.5 Å². The smallest absolute Gasteiger partial charge is 0.310 e. The first-order valence-electron chi connectivity index (χ1n) is 8.68.